The Labute approximate surface area is 113 Å². The Morgan fingerprint density at radius 2 is 1.89 bits per heavy atom. The highest BCUT2D eigenvalue weighted by Crippen LogP contribution is 2.14. The van der Waals surface area contributed by atoms with Crippen LogP contribution in [0.15, 0.2) is 24.3 Å². The monoisotopic (exact) mass is 254 g/mol. The van der Waals surface area contributed by atoms with E-state index in [1.165, 1.54) is 5.56 Å². The van der Waals surface area contributed by atoms with Crippen LogP contribution < -0.4 is 0 Å². The summed E-state index contributed by atoms with van der Waals surface area (Å²) in [6, 6.07) is 5.77. The summed E-state index contributed by atoms with van der Waals surface area (Å²) in [5.41, 5.74) is 5.91. The average molecular weight is 254 g/mol. The number of H-pyrrole nitrogens is 1. The molecule has 1 N–H and O–H groups in total. The molecular weight excluding hydrogens is 236 g/mol. The number of aryl methyl sites for hydroxylation is 4. The normalized spacial score (nSPS) is 11.2. The van der Waals surface area contributed by atoms with E-state index >= 15 is 0 Å². The van der Waals surface area contributed by atoms with Crippen molar-refractivity contribution in [1.29, 1.82) is 0 Å². The zero-order chi connectivity index (χ0) is 14.0. The van der Waals surface area contributed by atoms with Crippen LogP contribution in [0.25, 0.3) is 6.08 Å². The Kier molecular flexibility index (Phi) is 3.65. The van der Waals surface area contributed by atoms with Crippen LogP contribution >= 0.6 is 0 Å². The number of carbonyl (C=O) groups is 1. The highest BCUT2D eigenvalue weighted by Gasteiger charge is 2.06. The summed E-state index contributed by atoms with van der Waals surface area (Å²) in [4.78, 5) is 12.1. The molecular formula is C16H18N2O. The second-order valence-corrected chi connectivity index (χ2v) is 4.84. The molecule has 3 nitrogen and oxygen atoms in total. The first-order valence-electron chi connectivity index (χ1n) is 6.30. The minimum absolute atomic E-state index is 0.0168. The molecule has 0 fully saturated rings. The lowest BCUT2D eigenvalue weighted by Gasteiger charge is -2.01. The molecule has 1 aromatic carbocycles. The first-order chi connectivity index (χ1) is 8.99. The molecule has 0 aliphatic rings. The molecule has 0 unspecified atom stereocenters. The molecule has 0 radical (unpaired) electrons. The zero-order valence-corrected chi connectivity index (χ0v) is 11.7. The van der Waals surface area contributed by atoms with Crippen LogP contribution in [-0.4, -0.2) is 16.0 Å². The number of ketones is 1. The summed E-state index contributed by atoms with van der Waals surface area (Å²) in [5.74, 6) is 0.0168. The van der Waals surface area contributed by atoms with Crippen LogP contribution in [0.4, 0.5) is 0 Å². The molecule has 2 aromatic rings. The van der Waals surface area contributed by atoms with Gasteiger partial charge in [-0.3, -0.25) is 9.89 Å². The lowest BCUT2D eigenvalue weighted by atomic mass is 10.0. The molecule has 0 spiro atoms. The van der Waals surface area contributed by atoms with Crippen molar-refractivity contribution in [1.82, 2.24) is 10.2 Å². The number of carbonyl (C=O) groups excluding carboxylic acids is 1. The third-order valence-corrected chi connectivity index (χ3v) is 3.38. The minimum atomic E-state index is 0.0168. The number of hydrogen-bond donors (Lipinski definition) is 1. The van der Waals surface area contributed by atoms with Gasteiger partial charge in [0.05, 0.1) is 5.69 Å². The van der Waals surface area contributed by atoms with E-state index in [4.69, 9.17) is 0 Å². The Morgan fingerprint density at radius 3 is 2.47 bits per heavy atom. The second-order valence-electron chi connectivity index (χ2n) is 4.84. The number of allylic oxidation sites excluding steroid dienone is 1. The van der Waals surface area contributed by atoms with Gasteiger partial charge in [0.1, 0.15) is 0 Å². The molecule has 0 saturated heterocycles. The van der Waals surface area contributed by atoms with Crippen LogP contribution in [-0.2, 0) is 0 Å². The van der Waals surface area contributed by atoms with E-state index in [9.17, 15) is 4.79 Å². The zero-order valence-electron chi connectivity index (χ0n) is 11.7. The third kappa shape index (κ3) is 2.81. The van der Waals surface area contributed by atoms with Crippen LogP contribution in [0.5, 0.6) is 0 Å². The molecule has 19 heavy (non-hydrogen) atoms. The topological polar surface area (TPSA) is 45.8 Å². The van der Waals surface area contributed by atoms with Gasteiger partial charge in [-0.2, -0.15) is 5.10 Å². The van der Waals surface area contributed by atoms with Gasteiger partial charge in [0, 0.05) is 16.8 Å². The fourth-order valence-electron chi connectivity index (χ4n) is 1.96. The van der Waals surface area contributed by atoms with Crippen LogP contribution in [0.2, 0.25) is 0 Å². The van der Waals surface area contributed by atoms with Crippen LogP contribution in [0.1, 0.15) is 38.4 Å². The van der Waals surface area contributed by atoms with Gasteiger partial charge >= 0.3 is 0 Å². The van der Waals surface area contributed by atoms with Crippen molar-refractivity contribution in [3.05, 3.63) is 57.9 Å². The van der Waals surface area contributed by atoms with Crippen molar-refractivity contribution >= 4 is 11.9 Å². The number of rotatable bonds is 3. The fourth-order valence-corrected chi connectivity index (χ4v) is 1.96. The number of aromatic amines is 1. The van der Waals surface area contributed by atoms with E-state index in [1.807, 2.05) is 52.0 Å². The van der Waals surface area contributed by atoms with Crippen molar-refractivity contribution in [3.8, 4) is 0 Å². The van der Waals surface area contributed by atoms with E-state index in [1.54, 1.807) is 6.08 Å². The molecule has 0 aliphatic heterocycles. The molecule has 2 rings (SSSR count). The number of nitrogens with one attached hydrogen (secondary N) is 1. The SMILES string of the molecule is Cc1ccc(C(=O)C=Cc2c(C)n[nH]c2C)cc1C. The van der Waals surface area contributed by atoms with E-state index in [-0.39, 0.29) is 5.78 Å². The molecule has 0 bridgehead atoms. The van der Waals surface area contributed by atoms with Gasteiger partial charge in [0.25, 0.3) is 0 Å². The first kappa shape index (κ1) is 13.3. The predicted octanol–water partition coefficient (Wildman–Crippen LogP) is 3.54. The van der Waals surface area contributed by atoms with Crippen molar-refractivity contribution in [2.24, 2.45) is 0 Å². The molecule has 0 saturated carbocycles. The number of hydrogen-bond acceptors (Lipinski definition) is 2. The van der Waals surface area contributed by atoms with E-state index in [2.05, 4.69) is 10.2 Å². The number of aromatic nitrogens is 2. The summed E-state index contributed by atoms with van der Waals surface area (Å²) in [7, 11) is 0. The van der Waals surface area contributed by atoms with Gasteiger partial charge in [-0.05, 0) is 57.0 Å². The number of benzene rings is 1. The van der Waals surface area contributed by atoms with Gasteiger partial charge in [-0.25, -0.2) is 0 Å². The third-order valence-electron chi connectivity index (χ3n) is 3.38. The van der Waals surface area contributed by atoms with Crippen molar-refractivity contribution in [2.75, 3.05) is 0 Å². The van der Waals surface area contributed by atoms with Gasteiger partial charge in [0.15, 0.2) is 5.78 Å². The maximum Gasteiger partial charge on any atom is 0.185 e. The molecule has 0 atom stereocenters. The Bertz CT molecular complexity index is 631. The van der Waals surface area contributed by atoms with Gasteiger partial charge < -0.3 is 0 Å². The smallest absolute Gasteiger partial charge is 0.185 e. The molecule has 3 heteroatoms. The van der Waals surface area contributed by atoms with E-state index < -0.39 is 0 Å². The van der Waals surface area contributed by atoms with Crippen molar-refractivity contribution in [3.63, 3.8) is 0 Å². The predicted molar refractivity (Wildman–Crippen MR) is 77.3 cm³/mol. The summed E-state index contributed by atoms with van der Waals surface area (Å²) in [6.07, 6.45) is 3.43. The van der Waals surface area contributed by atoms with Crippen molar-refractivity contribution in [2.45, 2.75) is 27.7 Å². The molecule has 0 aliphatic carbocycles. The molecule has 1 heterocycles. The summed E-state index contributed by atoms with van der Waals surface area (Å²) in [6.45, 7) is 7.92. The fraction of sp³-hybridized carbons (Fsp3) is 0.250. The Morgan fingerprint density at radius 1 is 1.16 bits per heavy atom. The van der Waals surface area contributed by atoms with Gasteiger partial charge in [0.2, 0.25) is 0 Å². The Balaban J connectivity index is 2.24. The molecule has 1 aromatic heterocycles. The average Bonchev–Trinajstić information content (AvgIpc) is 2.69. The maximum atomic E-state index is 12.1. The lowest BCUT2D eigenvalue weighted by Crippen LogP contribution is -1.96. The van der Waals surface area contributed by atoms with E-state index in [0.29, 0.717) is 0 Å². The van der Waals surface area contributed by atoms with Gasteiger partial charge in [-0.1, -0.05) is 12.1 Å². The van der Waals surface area contributed by atoms with E-state index in [0.717, 1.165) is 28.1 Å². The van der Waals surface area contributed by atoms with Crippen LogP contribution in [0, 0.1) is 27.7 Å². The minimum Gasteiger partial charge on any atom is -0.289 e. The Hall–Kier alpha value is -2.16. The summed E-state index contributed by atoms with van der Waals surface area (Å²) >= 11 is 0. The van der Waals surface area contributed by atoms with Crippen molar-refractivity contribution < 1.29 is 4.79 Å². The quantitative estimate of drug-likeness (QED) is 0.672. The lowest BCUT2D eigenvalue weighted by molar-refractivity contribution is 0.104. The summed E-state index contributed by atoms with van der Waals surface area (Å²) in [5, 5.41) is 7.01. The highest BCUT2D eigenvalue weighted by molar-refractivity contribution is 6.07. The van der Waals surface area contributed by atoms with Crippen LogP contribution in [0.3, 0.4) is 0 Å². The summed E-state index contributed by atoms with van der Waals surface area (Å²) < 4.78 is 0. The number of nitrogens with zero attached hydrogens (tertiary/aromatic N) is 1. The first-order valence-corrected chi connectivity index (χ1v) is 6.30. The van der Waals surface area contributed by atoms with Gasteiger partial charge in [-0.15, -0.1) is 0 Å². The largest absolute Gasteiger partial charge is 0.289 e. The molecule has 98 valence electrons. The second kappa shape index (κ2) is 5.22. The highest BCUT2D eigenvalue weighted by atomic mass is 16.1. The molecule has 0 amide bonds. The maximum absolute atomic E-state index is 12.1. The standard InChI is InChI=1S/C16H18N2O/c1-10-5-6-14(9-11(10)2)16(19)8-7-15-12(3)17-18-13(15)4/h5-9H,1-4H3,(H,17,18).